The second-order valence-corrected chi connectivity index (χ2v) is 9.34. The van der Waals surface area contributed by atoms with Gasteiger partial charge in [0, 0.05) is 54.7 Å². The number of hydrogen-bond acceptors (Lipinski definition) is 9. The molecule has 0 bridgehead atoms. The number of nitrogens with zero attached hydrogens (tertiary/aromatic N) is 5. The lowest BCUT2D eigenvalue weighted by molar-refractivity contribution is -0.126. The normalized spacial score (nSPS) is 20.2. The molecule has 3 aromatic rings. The number of rotatable bonds is 7. The van der Waals surface area contributed by atoms with Crippen molar-refractivity contribution in [2.24, 2.45) is 11.7 Å². The Balaban J connectivity index is 1.39. The van der Waals surface area contributed by atoms with Crippen molar-refractivity contribution < 1.29 is 14.3 Å². The lowest BCUT2D eigenvalue weighted by atomic mass is 9.92. The summed E-state index contributed by atoms with van der Waals surface area (Å²) in [7, 11) is 0. The van der Waals surface area contributed by atoms with E-state index < -0.39 is 5.91 Å². The average molecular weight is 469 g/mol. The standard InChI is InChI=1S/C23H28N6O3S/c24-20(30)14-32-21(23-25-5-11-33-23)16-2-1-6-29(13-16)22-18-4-3-17(12-19(18)26-15-27-22)28-7-9-31-10-8-28/h3-5,11-12,15-16,21H,1-2,6-10,13-14H2,(H2,24,30). The number of benzene rings is 1. The molecule has 1 amide bonds. The van der Waals surface area contributed by atoms with Crippen molar-refractivity contribution in [3.63, 3.8) is 0 Å². The average Bonchev–Trinajstić information content (AvgIpc) is 3.39. The van der Waals surface area contributed by atoms with E-state index in [0.29, 0.717) is 0 Å². The van der Waals surface area contributed by atoms with E-state index in [1.807, 2.05) is 5.38 Å². The Morgan fingerprint density at radius 1 is 1.21 bits per heavy atom. The maximum absolute atomic E-state index is 11.4. The van der Waals surface area contributed by atoms with Crippen LogP contribution < -0.4 is 15.5 Å². The van der Waals surface area contributed by atoms with E-state index in [4.69, 9.17) is 15.2 Å². The lowest BCUT2D eigenvalue weighted by Gasteiger charge is -2.37. The molecule has 2 aromatic heterocycles. The number of primary amides is 1. The topological polar surface area (TPSA) is 107 Å². The van der Waals surface area contributed by atoms with E-state index in [0.717, 1.165) is 79.7 Å². The third kappa shape index (κ3) is 4.92. The first-order valence-corrected chi connectivity index (χ1v) is 12.2. The molecule has 0 aliphatic carbocycles. The summed E-state index contributed by atoms with van der Waals surface area (Å²) in [6.07, 6.45) is 5.15. The summed E-state index contributed by atoms with van der Waals surface area (Å²) >= 11 is 1.55. The minimum absolute atomic E-state index is 0.110. The predicted octanol–water partition coefficient (Wildman–Crippen LogP) is 2.38. The summed E-state index contributed by atoms with van der Waals surface area (Å²) in [5.74, 6) is 0.648. The summed E-state index contributed by atoms with van der Waals surface area (Å²) in [6.45, 7) is 4.85. The van der Waals surface area contributed by atoms with Crippen LogP contribution in [0.5, 0.6) is 0 Å². The van der Waals surface area contributed by atoms with Crippen LogP contribution in [-0.2, 0) is 14.3 Å². The number of piperidine rings is 1. The fraction of sp³-hybridized carbons (Fsp3) is 0.478. The molecule has 2 aliphatic heterocycles. The summed E-state index contributed by atoms with van der Waals surface area (Å²) in [4.78, 5) is 29.7. The van der Waals surface area contributed by atoms with Crippen molar-refractivity contribution in [1.82, 2.24) is 15.0 Å². The van der Waals surface area contributed by atoms with Crippen molar-refractivity contribution in [2.45, 2.75) is 18.9 Å². The number of anilines is 2. The Labute approximate surface area is 196 Å². The zero-order valence-electron chi connectivity index (χ0n) is 18.4. The van der Waals surface area contributed by atoms with Crippen LogP contribution in [0.25, 0.3) is 10.9 Å². The SMILES string of the molecule is NC(=O)COC(c1nccs1)C1CCCN(c2ncnc3cc(N4CCOCC4)ccc23)C1. The molecule has 10 heteroatoms. The fourth-order valence-corrected chi connectivity index (χ4v) is 5.48. The van der Waals surface area contributed by atoms with E-state index in [1.165, 1.54) is 0 Å². The van der Waals surface area contributed by atoms with E-state index in [-0.39, 0.29) is 18.6 Å². The van der Waals surface area contributed by atoms with Gasteiger partial charge in [-0.05, 0) is 31.0 Å². The highest BCUT2D eigenvalue weighted by molar-refractivity contribution is 7.09. The highest BCUT2D eigenvalue weighted by Crippen LogP contribution is 2.36. The van der Waals surface area contributed by atoms with Gasteiger partial charge in [-0.2, -0.15) is 0 Å². The Bertz CT molecular complexity index is 1090. The van der Waals surface area contributed by atoms with Gasteiger partial charge < -0.3 is 25.0 Å². The number of nitrogens with two attached hydrogens (primary N) is 1. The van der Waals surface area contributed by atoms with Crippen molar-refractivity contribution in [3.8, 4) is 0 Å². The van der Waals surface area contributed by atoms with Crippen LogP contribution in [-0.4, -0.2) is 66.9 Å². The molecule has 0 saturated carbocycles. The number of amides is 1. The molecule has 33 heavy (non-hydrogen) atoms. The molecule has 174 valence electrons. The number of carbonyl (C=O) groups is 1. The maximum Gasteiger partial charge on any atom is 0.243 e. The molecule has 9 nitrogen and oxygen atoms in total. The largest absolute Gasteiger partial charge is 0.378 e. The molecule has 2 fully saturated rings. The van der Waals surface area contributed by atoms with Crippen LogP contribution in [0.4, 0.5) is 11.5 Å². The van der Waals surface area contributed by atoms with Gasteiger partial charge >= 0.3 is 0 Å². The van der Waals surface area contributed by atoms with Crippen LogP contribution in [0.3, 0.4) is 0 Å². The van der Waals surface area contributed by atoms with Crippen LogP contribution in [0.2, 0.25) is 0 Å². The highest BCUT2D eigenvalue weighted by Gasteiger charge is 2.32. The number of morpholine rings is 1. The van der Waals surface area contributed by atoms with Gasteiger partial charge in [-0.3, -0.25) is 4.79 Å². The van der Waals surface area contributed by atoms with Crippen LogP contribution in [0.15, 0.2) is 36.1 Å². The first kappa shape index (κ1) is 22.0. The first-order valence-electron chi connectivity index (χ1n) is 11.3. The van der Waals surface area contributed by atoms with Gasteiger partial charge in [-0.25, -0.2) is 15.0 Å². The second-order valence-electron chi connectivity index (χ2n) is 8.41. The Kier molecular flexibility index (Phi) is 6.65. The van der Waals surface area contributed by atoms with Crippen LogP contribution >= 0.6 is 11.3 Å². The zero-order chi connectivity index (χ0) is 22.6. The number of hydrogen-bond donors (Lipinski definition) is 1. The number of carbonyl (C=O) groups excluding carboxylic acids is 1. The van der Waals surface area contributed by atoms with Gasteiger partial charge in [0.1, 0.15) is 29.9 Å². The third-order valence-corrected chi connectivity index (χ3v) is 7.10. The third-order valence-electron chi connectivity index (χ3n) is 6.26. The van der Waals surface area contributed by atoms with Gasteiger partial charge in [-0.15, -0.1) is 11.3 Å². The molecular formula is C23H28N6O3S. The van der Waals surface area contributed by atoms with Crippen molar-refractivity contribution in [1.29, 1.82) is 0 Å². The number of thiazole rings is 1. The molecule has 4 heterocycles. The van der Waals surface area contributed by atoms with E-state index in [2.05, 4.69) is 43.0 Å². The predicted molar refractivity (Wildman–Crippen MR) is 128 cm³/mol. The second kappa shape index (κ2) is 9.98. The fourth-order valence-electron chi connectivity index (χ4n) is 4.71. The van der Waals surface area contributed by atoms with Gasteiger partial charge in [0.15, 0.2) is 0 Å². The number of ether oxygens (including phenoxy) is 2. The minimum Gasteiger partial charge on any atom is -0.378 e. The Morgan fingerprint density at radius 2 is 2.09 bits per heavy atom. The molecular weight excluding hydrogens is 440 g/mol. The summed E-state index contributed by atoms with van der Waals surface area (Å²) in [5.41, 5.74) is 7.45. The zero-order valence-corrected chi connectivity index (χ0v) is 19.2. The molecule has 1 aromatic carbocycles. The van der Waals surface area contributed by atoms with Gasteiger partial charge in [0.25, 0.3) is 0 Å². The van der Waals surface area contributed by atoms with Crippen molar-refractivity contribution >= 4 is 39.7 Å². The van der Waals surface area contributed by atoms with Gasteiger partial charge in [-0.1, -0.05) is 0 Å². The highest BCUT2D eigenvalue weighted by atomic mass is 32.1. The Hall–Kier alpha value is -2.82. The quantitative estimate of drug-likeness (QED) is 0.563. The Morgan fingerprint density at radius 3 is 2.88 bits per heavy atom. The molecule has 0 spiro atoms. The van der Waals surface area contributed by atoms with Crippen LogP contribution in [0.1, 0.15) is 24.0 Å². The van der Waals surface area contributed by atoms with Gasteiger partial charge in [0.05, 0.1) is 18.7 Å². The molecule has 2 saturated heterocycles. The van der Waals surface area contributed by atoms with E-state index in [1.54, 1.807) is 23.9 Å². The molecule has 2 aliphatic rings. The lowest BCUT2D eigenvalue weighted by Crippen LogP contribution is -2.39. The molecule has 2 N–H and O–H groups in total. The first-order chi connectivity index (χ1) is 16.2. The molecule has 5 rings (SSSR count). The van der Waals surface area contributed by atoms with Crippen molar-refractivity contribution in [2.75, 3.05) is 55.8 Å². The van der Waals surface area contributed by atoms with Crippen molar-refractivity contribution in [3.05, 3.63) is 41.1 Å². The summed E-state index contributed by atoms with van der Waals surface area (Å²) in [6, 6.07) is 6.42. The maximum atomic E-state index is 11.4. The van der Waals surface area contributed by atoms with E-state index >= 15 is 0 Å². The monoisotopic (exact) mass is 468 g/mol. The number of aromatic nitrogens is 3. The number of fused-ring (bicyclic) bond motifs is 1. The van der Waals surface area contributed by atoms with E-state index in [9.17, 15) is 4.79 Å². The summed E-state index contributed by atoms with van der Waals surface area (Å²) in [5, 5.41) is 3.85. The summed E-state index contributed by atoms with van der Waals surface area (Å²) < 4.78 is 11.4. The molecule has 2 atom stereocenters. The van der Waals surface area contributed by atoms with Crippen LogP contribution in [0, 0.1) is 5.92 Å². The smallest absolute Gasteiger partial charge is 0.243 e. The molecule has 0 radical (unpaired) electrons. The molecule has 2 unspecified atom stereocenters. The minimum atomic E-state index is -0.470. The van der Waals surface area contributed by atoms with Gasteiger partial charge in [0.2, 0.25) is 5.91 Å².